The van der Waals surface area contributed by atoms with Crippen molar-refractivity contribution < 1.29 is 4.74 Å². The van der Waals surface area contributed by atoms with Gasteiger partial charge in [0.15, 0.2) is 0 Å². The van der Waals surface area contributed by atoms with Crippen LogP contribution in [0, 0.1) is 0 Å². The maximum absolute atomic E-state index is 5.63. The van der Waals surface area contributed by atoms with Crippen molar-refractivity contribution in [3.8, 4) is 0 Å². The molecule has 0 spiro atoms. The lowest BCUT2D eigenvalue weighted by Gasteiger charge is -2.21. The molecular weight excluding hydrogens is 226 g/mol. The van der Waals surface area contributed by atoms with Gasteiger partial charge in [-0.05, 0) is 32.8 Å². The van der Waals surface area contributed by atoms with E-state index in [1.54, 1.807) is 0 Å². The van der Waals surface area contributed by atoms with Crippen molar-refractivity contribution in [2.45, 2.75) is 6.92 Å². The molecule has 0 aliphatic carbocycles. The van der Waals surface area contributed by atoms with Crippen LogP contribution in [-0.2, 0) is 4.74 Å². The largest absolute Gasteiger partial charge is 0.385 e. The SMILES string of the molecule is C=Cc1ccccc1[Si](COCC)CN(C)C. The minimum Gasteiger partial charge on any atom is -0.385 e. The van der Waals surface area contributed by atoms with E-state index in [2.05, 4.69) is 56.8 Å². The van der Waals surface area contributed by atoms with E-state index in [1.165, 1.54) is 10.8 Å². The van der Waals surface area contributed by atoms with Gasteiger partial charge < -0.3 is 9.64 Å². The number of ether oxygens (including phenoxy) is 1. The summed E-state index contributed by atoms with van der Waals surface area (Å²) in [5, 5.41) is 1.43. The van der Waals surface area contributed by atoms with Gasteiger partial charge in [-0.1, -0.05) is 42.1 Å². The van der Waals surface area contributed by atoms with Gasteiger partial charge in [0, 0.05) is 12.8 Å². The van der Waals surface area contributed by atoms with Gasteiger partial charge in [0.1, 0.15) is 8.80 Å². The number of benzene rings is 1. The van der Waals surface area contributed by atoms with Crippen molar-refractivity contribution in [2.75, 3.05) is 33.1 Å². The molecule has 0 aliphatic heterocycles. The van der Waals surface area contributed by atoms with Gasteiger partial charge in [0.25, 0.3) is 0 Å². The molecule has 1 aromatic rings. The summed E-state index contributed by atoms with van der Waals surface area (Å²) in [5.74, 6) is 0. The van der Waals surface area contributed by atoms with Crippen molar-refractivity contribution in [1.29, 1.82) is 0 Å². The Morgan fingerprint density at radius 3 is 2.65 bits per heavy atom. The predicted molar refractivity (Wildman–Crippen MR) is 77.0 cm³/mol. The normalized spacial score (nSPS) is 11.1. The summed E-state index contributed by atoms with van der Waals surface area (Å²) in [7, 11) is 3.54. The number of hydrogen-bond acceptors (Lipinski definition) is 2. The average Bonchev–Trinajstić information content (AvgIpc) is 2.34. The molecule has 0 atom stereocenters. The Morgan fingerprint density at radius 1 is 1.35 bits per heavy atom. The van der Waals surface area contributed by atoms with E-state index in [0.717, 1.165) is 19.0 Å². The maximum Gasteiger partial charge on any atom is 0.132 e. The van der Waals surface area contributed by atoms with E-state index >= 15 is 0 Å². The van der Waals surface area contributed by atoms with Crippen LogP contribution in [0.15, 0.2) is 30.8 Å². The number of nitrogens with zero attached hydrogens (tertiary/aromatic N) is 1. The first-order valence-electron chi connectivity index (χ1n) is 5.98. The predicted octanol–water partition coefficient (Wildman–Crippen LogP) is 1.71. The maximum atomic E-state index is 5.63. The van der Waals surface area contributed by atoms with E-state index < -0.39 is 8.80 Å². The lowest BCUT2D eigenvalue weighted by molar-refractivity contribution is 0.190. The highest BCUT2D eigenvalue weighted by atomic mass is 28.3. The van der Waals surface area contributed by atoms with Crippen LogP contribution >= 0.6 is 0 Å². The lowest BCUT2D eigenvalue weighted by Crippen LogP contribution is -2.45. The van der Waals surface area contributed by atoms with E-state index in [-0.39, 0.29) is 0 Å². The van der Waals surface area contributed by atoms with Gasteiger partial charge in [-0.15, -0.1) is 0 Å². The smallest absolute Gasteiger partial charge is 0.132 e. The molecule has 93 valence electrons. The molecular formula is C14H22NOSi. The van der Waals surface area contributed by atoms with Crippen molar-refractivity contribution in [2.24, 2.45) is 0 Å². The Kier molecular flexibility index (Phi) is 6.19. The van der Waals surface area contributed by atoms with Crippen molar-refractivity contribution in [3.63, 3.8) is 0 Å². The van der Waals surface area contributed by atoms with Crippen LogP contribution in [0.25, 0.3) is 6.08 Å². The molecule has 0 unspecified atom stereocenters. The zero-order valence-electron chi connectivity index (χ0n) is 11.1. The molecule has 0 aliphatic rings. The van der Waals surface area contributed by atoms with E-state index in [4.69, 9.17) is 4.74 Å². The first-order chi connectivity index (χ1) is 8.19. The summed E-state index contributed by atoms with van der Waals surface area (Å²) < 4.78 is 5.63. The molecule has 0 saturated carbocycles. The van der Waals surface area contributed by atoms with Crippen molar-refractivity contribution >= 4 is 20.1 Å². The Morgan fingerprint density at radius 2 is 2.06 bits per heavy atom. The highest BCUT2D eigenvalue weighted by Crippen LogP contribution is 2.01. The summed E-state index contributed by atoms with van der Waals surface area (Å²) in [6, 6.07) is 8.52. The van der Waals surface area contributed by atoms with Gasteiger partial charge >= 0.3 is 0 Å². The molecule has 0 saturated heterocycles. The van der Waals surface area contributed by atoms with Gasteiger partial charge in [0.05, 0.1) is 0 Å². The van der Waals surface area contributed by atoms with Gasteiger partial charge in [-0.3, -0.25) is 0 Å². The molecule has 0 bridgehead atoms. The van der Waals surface area contributed by atoms with Gasteiger partial charge in [-0.2, -0.15) is 0 Å². The fraction of sp³-hybridized carbons (Fsp3) is 0.429. The van der Waals surface area contributed by atoms with E-state index in [9.17, 15) is 0 Å². The topological polar surface area (TPSA) is 12.5 Å². The van der Waals surface area contributed by atoms with Crippen molar-refractivity contribution in [3.05, 3.63) is 36.4 Å². The fourth-order valence-electron chi connectivity index (χ4n) is 1.81. The molecule has 0 fully saturated rings. The molecule has 2 nitrogen and oxygen atoms in total. The summed E-state index contributed by atoms with van der Waals surface area (Å²) in [6.45, 7) is 6.73. The van der Waals surface area contributed by atoms with Crippen LogP contribution in [0.1, 0.15) is 12.5 Å². The molecule has 1 radical (unpaired) electrons. The quantitative estimate of drug-likeness (QED) is 0.681. The summed E-state index contributed by atoms with van der Waals surface area (Å²) in [4.78, 5) is 2.24. The van der Waals surface area contributed by atoms with E-state index in [1.807, 2.05) is 6.08 Å². The molecule has 0 heterocycles. The summed E-state index contributed by atoms with van der Waals surface area (Å²) in [5.41, 5.74) is 1.25. The zero-order chi connectivity index (χ0) is 12.7. The molecule has 0 N–H and O–H groups in total. The Hall–Kier alpha value is -0.903. The third-order valence-electron chi connectivity index (χ3n) is 2.55. The summed E-state index contributed by atoms with van der Waals surface area (Å²) in [6.07, 6.45) is 3.90. The summed E-state index contributed by atoms with van der Waals surface area (Å²) >= 11 is 0. The molecule has 0 aromatic heterocycles. The highest BCUT2D eigenvalue weighted by Gasteiger charge is 2.17. The minimum absolute atomic E-state index is 0.694. The van der Waals surface area contributed by atoms with Gasteiger partial charge in [-0.25, -0.2) is 0 Å². The highest BCUT2D eigenvalue weighted by molar-refractivity contribution is 6.74. The molecule has 17 heavy (non-hydrogen) atoms. The van der Waals surface area contributed by atoms with Crippen molar-refractivity contribution in [1.82, 2.24) is 4.90 Å². The Bertz CT molecular complexity index is 352. The van der Waals surface area contributed by atoms with Crippen LogP contribution in [-0.4, -0.2) is 46.8 Å². The standard InChI is InChI=1S/C14H22NOSi/c1-5-13-9-7-8-10-14(13)17(11-15(3)4)12-16-6-2/h5,7-10H,1,6,11-12H2,2-4H3. The van der Waals surface area contributed by atoms with Crippen LogP contribution in [0.4, 0.5) is 0 Å². The number of hydrogen-bond donors (Lipinski definition) is 0. The second-order valence-electron chi connectivity index (χ2n) is 4.27. The monoisotopic (exact) mass is 248 g/mol. The second-order valence-corrected chi connectivity index (χ2v) is 6.62. The molecule has 1 aromatic carbocycles. The molecule has 1 rings (SSSR count). The fourth-order valence-corrected chi connectivity index (χ4v) is 4.37. The first kappa shape index (κ1) is 14.2. The Labute approximate surface area is 107 Å². The van der Waals surface area contributed by atoms with Crippen LogP contribution < -0.4 is 5.19 Å². The lowest BCUT2D eigenvalue weighted by atomic mass is 10.2. The average molecular weight is 248 g/mol. The number of rotatable bonds is 7. The Balaban J connectivity index is 2.90. The van der Waals surface area contributed by atoms with Crippen LogP contribution in [0.2, 0.25) is 0 Å². The molecule has 3 heteroatoms. The third-order valence-corrected chi connectivity index (χ3v) is 5.33. The van der Waals surface area contributed by atoms with Crippen LogP contribution in [0.3, 0.4) is 0 Å². The van der Waals surface area contributed by atoms with Crippen LogP contribution in [0.5, 0.6) is 0 Å². The second kappa shape index (κ2) is 7.43. The third kappa shape index (κ3) is 4.46. The van der Waals surface area contributed by atoms with Gasteiger partial charge in [0.2, 0.25) is 0 Å². The first-order valence-corrected chi connectivity index (χ1v) is 7.89. The van der Waals surface area contributed by atoms with E-state index in [0.29, 0.717) is 0 Å². The molecule has 0 amide bonds. The zero-order valence-corrected chi connectivity index (χ0v) is 12.1. The minimum atomic E-state index is -0.694.